The molecule has 3 heteroatoms. The van der Waals surface area contributed by atoms with Gasteiger partial charge in [0.25, 0.3) is 0 Å². The molecule has 0 saturated carbocycles. The van der Waals surface area contributed by atoms with E-state index >= 15 is 0 Å². The lowest BCUT2D eigenvalue weighted by Crippen LogP contribution is -2.43. The first-order valence-electron chi connectivity index (χ1n) is 4.72. The van der Waals surface area contributed by atoms with Crippen LogP contribution in [0.3, 0.4) is 0 Å². The number of nitrogens with zero attached hydrogens (tertiary/aromatic N) is 1. The molecule has 1 unspecified atom stereocenters. The van der Waals surface area contributed by atoms with Gasteiger partial charge in [0, 0.05) is 25.7 Å². The van der Waals surface area contributed by atoms with Crippen LogP contribution < -0.4 is 5.32 Å². The van der Waals surface area contributed by atoms with Crippen LogP contribution in [0.4, 0.5) is 0 Å². The van der Waals surface area contributed by atoms with E-state index in [1.165, 1.54) is 11.1 Å². The molecule has 1 saturated heterocycles. The average molecular weight is 196 g/mol. The van der Waals surface area contributed by atoms with Crippen molar-refractivity contribution in [2.75, 3.05) is 26.7 Å². The maximum atomic E-state index is 3.44. The van der Waals surface area contributed by atoms with Gasteiger partial charge in [-0.25, -0.2) is 0 Å². The van der Waals surface area contributed by atoms with Crippen LogP contribution in [0.15, 0.2) is 10.8 Å². The Morgan fingerprint density at radius 3 is 3.00 bits per heavy atom. The minimum absolute atomic E-state index is 0.583. The quantitative estimate of drug-likeness (QED) is 0.734. The molecule has 2 nitrogen and oxygen atoms in total. The maximum absolute atomic E-state index is 3.44. The van der Waals surface area contributed by atoms with Crippen molar-refractivity contribution in [3.8, 4) is 0 Å². The third-order valence-electron chi connectivity index (χ3n) is 2.77. The summed E-state index contributed by atoms with van der Waals surface area (Å²) in [6, 6.07) is 0.583. The lowest BCUT2D eigenvalue weighted by atomic mass is 10.0. The molecule has 0 radical (unpaired) electrons. The molecule has 0 amide bonds. The van der Waals surface area contributed by atoms with Gasteiger partial charge in [0.2, 0.25) is 0 Å². The second-order valence-electron chi connectivity index (χ2n) is 3.71. The molecule has 0 aromatic carbocycles. The SMILES string of the molecule is Cc1cscc1C1CNCCN1C. The first-order valence-corrected chi connectivity index (χ1v) is 5.67. The number of hydrogen-bond donors (Lipinski definition) is 1. The van der Waals surface area contributed by atoms with Gasteiger partial charge in [0.15, 0.2) is 0 Å². The molecular formula is C10H16N2S. The Morgan fingerprint density at radius 2 is 2.38 bits per heavy atom. The molecule has 0 aliphatic carbocycles. The third-order valence-corrected chi connectivity index (χ3v) is 3.64. The highest BCUT2D eigenvalue weighted by Crippen LogP contribution is 2.26. The van der Waals surface area contributed by atoms with Crippen molar-refractivity contribution in [1.29, 1.82) is 0 Å². The van der Waals surface area contributed by atoms with Gasteiger partial charge in [0.1, 0.15) is 0 Å². The number of likely N-dealkylation sites (N-methyl/N-ethyl adjacent to an activating group) is 1. The summed E-state index contributed by atoms with van der Waals surface area (Å²) in [6.07, 6.45) is 0. The zero-order chi connectivity index (χ0) is 9.26. The zero-order valence-electron chi connectivity index (χ0n) is 8.21. The number of nitrogens with one attached hydrogen (secondary N) is 1. The Morgan fingerprint density at radius 1 is 1.54 bits per heavy atom. The molecule has 1 aromatic rings. The zero-order valence-corrected chi connectivity index (χ0v) is 9.03. The summed E-state index contributed by atoms with van der Waals surface area (Å²) < 4.78 is 0. The highest BCUT2D eigenvalue weighted by molar-refractivity contribution is 7.08. The van der Waals surface area contributed by atoms with Crippen LogP contribution >= 0.6 is 11.3 Å². The van der Waals surface area contributed by atoms with E-state index in [2.05, 4.69) is 34.9 Å². The fourth-order valence-electron chi connectivity index (χ4n) is 1.86. The Hall–Kier alpha value is -0.380. The minimum atomic E-state index is 0.583. The number of piperazine rings is 1. The second kappa shape index (κ2) is 3.78. The molecule has 1 N–H and O–H groups in total. The van der Waals surface area contributed by atoms with E-state index in [1.54, 1.807) is 0 Å². The van der Waals surface area contributed by atoms with E-state index in [0.717, 1.165) is 19.6 Å². The first-order chi connectivity index (χ1) is 6.29. The van der Waals surface area contributed by atoms with Gasteiger partial charge in [-0.1, -0.05) is 0 Å². The molecule has 1 aromatic heterocycles. The fraction of sp³-hybridized carbons (Fsp3) is 0.600. The van der Waals surface area contributed by atoms with Crippen LogP contribution in [-0.4, -0.2) is 31.6 Å². The minimum Gasteiger partial charge on any atom is -0.314 e. The molecular weight excluding hydrogens is 180 g/mol. The van der Waals surface area contributed by atoms with Crippen molar-refractivity contribution in [3.63, 3.8) is 0 Å². The Balaban J connectivity index is 2.19. The van der Waals surface area contributed by atoms with E-state index in [9.17, 15) is 0 Å². The van der Waals surface area contributed by atoms with Crippen LogP contribution in [0.1, 0.15) is 17.2 Å². The number of aryl methyl sites for hydroxylation is 1. The lowest BCUT2D eigenvalue weighted by Gasteiger charge is -2.33. The smallest absolute Gasteiger partial charge is 0.0481 e. The van der Waals surface area contributed by atoms with Crippen molar-refractivity contribution in [2.24, 2.45) is 0 Å². The predicted molar refractivity (Wildman–Crippen MR) is 57.3 cm³/mol. The van der Waals surface area contributed by atoms with Crippen LogP contribution in [0, 0.1) is 6.92 Å². The molecule has 2 heterocycles. The summed E-state index contributed by atoms with van der Waals surface area (Å²) in [4.78, 5) is 2.44. The van der Waals surface area contributed by atoms with Crippen LogP contribution in [-0.2, 0) is 0 Å². The van der Waals surface area contributed by atoms with Crippen molar-refractivity contribution < 1.29 is 0 Å². The highest BCUT2D eigenvalue weighted by atomic mass is 32.1. The summed E-state index contributed by atoms with van der Waals surface area (Å²) in [5.41, 5.74) is 2.94. The average Bonchev–Trinajstić information content (AvgIpc) is 2.52. The standard InChI is InChI=1S/C10H16N2S/c1-8-6-13-7-9(8)10-5-11-3-4-12(10)2/h6-7,10-11H,3-5H2,1-2H3. The van der Waals surface area contributed by atoms with E-state index in [-0.39, 0.29) is 0 Å². The third kappa shape index (κ3) is 1.77. The predicted octanol–water partition coefficient (Wildman–Crippen LogP) is 1.63. The summed E-state index contributed by atoms with van der Waals surface area (Å²) in [6.45, 7) is 5.57. The molecule has 1 aliphatic rings. The highest BCUT2D eigenvalue weighted by Gasteiger charge is 2.21. The van der Waals surface area contributed by atoms with Gasteiger partial charge in [-0.3, -0.25) is 4.90 Å². The van der Waals surface area contributed by atoms with Crippen molar-refractivity contribution in [1.82, 2.24) is 10.2 Å². The Labute approximate surface area is 83.6 Å². The second-order valence-corrected chi connectivity index (χ2v) is 4.45. The van der Waals surface area contributed by atoms with Crippen molar-refractivity contribution in [2.45, 2.75) is 13.0 Å². The normalized spacial score (nSPS) is 24.9. The van der Waals surface area contributed by atoms with Gasteiger partial charge >= 0.3 is 0 Å². The number of hydrogen-bond acceptors (Lipinski definition) is 3. The maximum Gasteiger partial charge on any atom is 0.0481 e. The van der Waals surface area contributed by atoms with E-state index in [0.29, 0.717) is 6.04 Å². The van der Waals surface area contributed by atoms with Crippen LogP contribution in [0.25, 0.3) is 0 Å². The summed E-state index contributed by atoms with van der Waals surface area (Å²) in [5.74, 6) is 0. The van der Waals surface area contributed by atoms with Crippen molar-refractivity contribution in [3.05, 3.63) is 21.9 Å². The summed E-state index contributed by atoms with van der Waals surface area (Å²) in [7, 11) is 2.21. The van der Waals surface area contributed by atoms with E-state index < -0.39 is 0 Å². The summed E-state index contributed by atoms with van der Waals surface area (Å²) in [5, 5.41) is 7.96. The van der Waals surface area contributed by atoms with E-state index in [1.807, 2.05) is 11.3 Å². The van der Waals surface area contributed by atoms with Gasteiger partial charge in [0.05, 0.1) is 0 Å². The monoisotopic (exact) mass is 196 g/mol. The first kappa shape index (κ1) is 9.19. The summed E-state index contributed by atoms with van der Waals surface area (Å²) >= 11 is 1.81. The van der Waals surface area contributed by atoms with Crippen LogP contribution in [0.5, 0.6) is 0 Å². The fourth-order valence-corrected chi connectivity index (χ4v) is 2.76. The Kier molecular flexibility index (Phi) is 2.67. The largest absolute Gasteiger partial charge is 0.314 e. The van der Waals surface area contributed by atoms with E-state index in [4.69, 9.17) is 0 Å². The number of thiophene rings is 1. The van der Waals surface area contributed by atoms with Gasteiger partial charge < -0.3 is 5.32 Å². The molecule has 1 aliphatic heterocycles. The van der Waals surface area contributed by atoms with Gasteiger partial charge in [-0.2, -0.15) is 11.3 Å². The molecule has 0 spiro atoms. The molecule has 2 rings (SSSR count). The lowest BCUT2D eigenvalue weighted by molar-refractivity contribution is 0.202. The molecule has 1 fully saturated rings. The topological polar surface area (TPSA) is 15.3 Å². The molecule has 72 valence electrons. The Bertz CT molecular complexity index is 282. The van der Waals surface area contributed by atoms with Crippen LogP contribution in [0.2, 0.25) is 0 Å². The van der Waals surface area contributed by atoms with Gasteiger partial charge in [-0.15, -0.1) is 0 Å². The van der Waals surface area contributed by atoms with Gasteiger partial charge in [-0.05, 0) is 35.9 Å². The number of rotatable bonds is 1. The van der Waals surface area contributed by atoms with Crippen molar-refractivity contribution >= 4 is 11.3 Å². The molecule has 13 heavy (non-hydrogen) atoms. The molecule has 0 bridgehead atoms. The molecule has 1 atom stereocenters.